The van der Waals surface area contributed by atoms with Gasteiger partial charge in [0.05, 0.1) is 11.9 Å². The number of aryl methyl sites for hydroxylation is 1. The molecule has 0 bridgehead atoms. The van der Waals surface area contributed by atoms with Gasteiger partial charge in [0.15, 0.2) is 5.16 Å². The molecule has 0 aliphatic heterocycles. The van der Waals surface area contributed by atoms with E-state index in [0.717, 1.165) is 11.8 Å². The van der Waals surface area contributed by atoms with Gasteiger partial charge in [0.1, 0.15) is 0 Å². The number of aliphatic hydroxyl groups is 1. The highest BCUT2D eigenvalue weighted by molar-refractivity contribution is 7.99. The van der Waals surface area contributed by atoms with Gasteiger partial charge in [-0.05, 0) is 6.92 Å². The number of aliphatic hydroxyl groups excluding tert-OH is 1. The van der Waals surface area contributed by atoms with Crippen molar-refractivity contribution in [2.75, 3.05) is 6.61 Å². The average molecular weight is 246 g/mol. The molecule has 0 fully saturated rings. The van der Waals surface area contributed by atoms with E-state index in [1.807, 2.05) is 0 Å². The van der Waals surface area contributed by atoms with Gasteiger partial charge in [-0.2, -0.15) is 4.98 Å². The zero-order valence-corrected chi connectivity index (χ0v) is 9.82. The fourth-order valence-corrected chi connectivity index (χ4v) is 1.91. The second-order valence-electron chi connectivity index (χ2n) is 3.40. The summed E-state index contributed by atoms with van der Waals surface area (Å²) in [4.78, 5) is 25.6. The van der Waals surface area contributed by atoms with E-state index < -0.39 is 11.1 Å². The summed E-state index contributed by atoms with van der Waals surface area (Å²) in [5.74, 6) is 0. The first kappa shape index (κ1) is 12.9. The highest BCUT2D eigenvalue weighted by Crippen LogP contribution is 2.20. The number of nitrogens with two attached hydrogens (primary N) is 1. The van der Waals surface area contributed by atoms with Crippen LogP contribution in [0.1, 0.15) is 6.92 Å². The van der Waals surface area contributed by atoms with Crippen LogP contribution in [0.25, 0.3) is 0 Å². The van der Waals surface area contributed by atoms with Crippen LogP contribution in [0.4, 0.5) is 0 Å². The fourth-order valence-electron chi connectivity index (χ4n) is 1.01. The average Bonchev–Trinajstić information content (AvgIpc) is 2.21. The summed E-state index contributed by atoms with van der Waals surface area (Å²) in [7, 11) is 1.56. The third-order valence-corrected chi connectivity index (χ3v) is 3.43. The predicted octanol–water partition coefficient (Wildman–Crippen LogP) is -1.73. The molecule has 1 aromatic heterocycles. The lowest BCUT2D eigenvalue weighted by Gasteiger charge is -2.17. The fraction of sp³-hybridized carbons (Fsp3) is 0.625. The first-order chi connectivity index (χ1) is 7.45. The molecule has 2 atom stereocenters. The summed E-state index contributed by atoms with van der Waals surface area (Å²) >= 11 is 1.15. The van der Waals surface area contributed by atoms with Crippen LogP contribution in [-0.4, -0.2) is 37.8 Å². The lowest BCUT2D eigenvalue weighted by molar-refractivity contribution is 0.285. The van der Waals surface area contributed by atoms with Gasteiger partial charge in [-0.3, -0.25) is 19.4 Å². The number of nitrogens with zero attached hydrogens (tertiary/aromatic N) is 2. The molecule has 0 saturated carbocycles. The van der Waals surface area contributed by atoms with Gasteiger partial charge in [0.25, 0.3) is 0 Å². The molecule has 7 nitrogen and oxygen atoms in total. The Hall–Kier alpha value is -1.12. The number of aromatic nitrogens is 3. The molecule has 1 aromatic rings. The molecule has 16 heavy (non-hydrogen) atoms. The van der Waals surface area contributed by atoms with E-state index in [-0.39, 0.29) is 17.9 Å². The van der Waals surface area contributed by atoms with Crippen LogP contribution >= 0.6 is 11.8 Å². The summed E-state index contributed by atoms with van der Waals surface area (Å²) in [5, 5.41) is 11.4. The lowest BCUT2D eigenvalue weighted by atomic mass is 10.3. The number of aromatic amines is 1. The van der Waals surface area contributed by atoms with Gasteiger partial charge in [0.2, 0.25) is 0 Å². The first-order valence-electron chi connectivity index (χ1n) is 4.66. The standard InChI is InChI=1S/C8H14N4O3S/c1-4(9)5(3-13)16-8-10-6(14)7(15)11-12(8)2/h4-5,13H,3,9H2,1-2H3,(H,11,15). The van der Waals surface area contributed by atoms with Crippen molar-refractivity contribution in [2.45, 2.75) is 23.4 Å². The Morgan fingerprint density at radius 2 is 2.25 bits per heavy atom. The monoisotopic (exact) mass is 246 g/mol. The van der Waals surface area contributed by atoms with Crippen molar-refractivity contribution in [2.24, 2.45) is 12.8 Å². The Labute approximate surface area is 95.7 Å². The van der Waals surface area contributed by atoms with Crippen LogP contribution in [-0.2, 0) is 7.05 Å². The van der Waals surface area contributed by atoms with Crippen molar-refractivity contribution in [1.29, 1.82) is 0 Å². The molecule has 2 unspecified atom stereocenters. The van der Waals surface area contributed by atoms with E-state index in [2.05, 4.69) is 10.1 Å². The molecule has 4 N–H and O–H groups in total. The number of thioether (sulfide) groups is 1. The Morgan fingerprint density at radius 3 is 2.75 bits per heavy atom. The third-order valence-electron chi connectivity index (χ3n) is 1.97. The Balaban J connectivity index is 3.01. The Morgan fingerprint density at radius 1 is 1.62 bits per heavy atom. The number of hydrogen-bond donors (Lipinski definition) is 3. The SMILES string of the molecule is CC(N)C(CO)Sc1nc(=O)c(=O)[nH]n1C. The number of H-pyrrole nitrogens is 1. The minimum atomic E-state index is -0.845. The number of nitrogens with one attached hydrogen (secondary N) is 1. The summed E-state index contributed by atoms with van der Waals surface area (Å²) in [6, 6.07) is -0.251. The van der Waals surface area contributed by atoms with Gasteiger partial charge >= 0.3 is 11.1 Å². The molecule has 8 heteroatoms. The van der Waals surface area contributed by atoms with Crippen LogP contribution in [0.2, 0.25) is 0 Å². The molecule has 0 spiro atoms. The molecule has 90 valence electrons. The highest BCUT2D eigenvalue weighted by atomic mass is 32.2. The van der Waals surface area contributed by atoms with Crippen LogP contribution in [0.5, 0.6) is 0 Å². The maximum Gasteiger partial charge on any atom is 0.339 e. The number of rotatable bonds is 4. The van der Waals surface area contributed by atoms with Crippen LogP contribution in [0, 0.1) is 0 Å². The summed E-state index contributed by atoms with van der Waals surface area (Å²) in [5.41, 5.74) is 4.03. The molecule has 0 aliphatic rings. The summed E-state index contributed by atoms with van der Waals surface area (Å²) < 4.78 is 1.33. The quantitative estimate of drug-likeness (QED) is 0.429. The second kappa shape index (κ2) is 5.28. The van der Waals surface area contributed by atoms with Crippen LogP contribution < -0.4 is 16.9 Å². The summed E-state index contributed by atoms with van der Waals surface area (Å²) in [6.45, 7) is 1.62. The predicted molar refractivity (Wildman–Crippen MR) is 60.5 cm³/mol. The van der Waals surface area contributed by atoms with E-state index >= 15 is 0 Å². The van der Waals surface area contributed by atoms with Gasteiger partial charge in [-0.15, -0.1) is 0 Å². The third kappa shape index (κ3) is 2.94. The van der Waals surface area contributed by atoms with Crippen molar-refractivity contribution in [3.8, 4) is 0 Å². The van der Waals surface area contributed by atoms with Crippen molar-refractivity contribution >= 4 is 11.8 Å². The van der Waals surface area contributed by atoms with E-state index in [4.69, 9.17) is 10.8 Å². The van der Waals surface area contributed by atoms with Gasteiger partial charge in [0, 0.05) is 13.1 Å². The first-order valence-corrected chi connectivity index (χ1v) is 5.54. The second-order valence-corrected chi connectivity index (χ2v) is 4.60. The van der Waals surface area contributed by atoms with E-state index in [1.165, 1.54) is 4.68 Å². The molecule has 0 saturated heterocycles. The van der Waals surface area contributed by atoms with E-state index in [9.17, 15) is 9.59 Å². The minimum absolute atomic E-state index is 0.128. The van der Waals surface area contributed by atoms with E-state index in [0.29, 0.717) is 5.16 Å². The zero-order chi connectivity index (χ0) is 12.3. The number of hydrogen-bond acceptors (Lipinski definition) is 6. The smallest absolute Gasteiger partial charge is 0.339 e. The molecule has 1 heterocycles. The van der Waals surface area contributed by atoms with Gasteiger partial charge in [-0.25, -0.2) is 0 Å². The van der Waals surface area contributed by atoms with E-state index in [1.54, 1.807) is 14.0 Å². The minimum Gasteiger partial charge on any atom is -0.395 e. The van der Waals surface area contributed by atoms with Crippen molar-refractivity contribution in [1.82, 2.24) is 14.8 Å². The molecule has 0 aliphatic carbocycles. The molecule has 1 rings (SSSR count). The molecular formula is C8H14N4O3S. The molecule has 0 aromatic carbocycles. The van der Waals surface area contributed by atoms with Crippen molar-refractivity contribution in [3.05, 3.63) is 20.7 Å². The van der Waals surface area contributed by atoms with Gasteiger partial charge < -0.3 is 10.8 Å². The van der Waals surface area contributed by atoms with Crippen molar-refractivity contribution in [3.63, 3.8) is 0 Å². The Bertz CT molecular complexity index is 467. The molecular weight excluding hydrogens is 232 g/mol. The van der Waals surface area contributed by atoms with Crippen molar-refractivity contribution < 1.29 is 5.11 Å². The zero-order valence-electron chi connectivity index (χ0n) is 9.01. The van der Waals surface area contributed by atoms with Crippen LogP contribution in [0.3, 0.4) is 0 Å². The Kier molecular flexibility index (Phi) is 4.27. The topological polar surface area (TPSA) is 114 Å². The lowest BCUT2D eigenvalue weighted by Crippen LogP contribution is -2.36. The molecule has 0 radical (unpaired) electrons. The maximum atomic E-state index is 11.1. The highest BCUT2D eigenvalue weighted by Gasteiger charge is 2.17. The largest absolute Gasteiger partial charge is 0.395 e. The molecule has 0 amide bonds. The normalized spacial score (nSPS) is 14.8. The van der Waals surface area contributed by atoms with Gasteiger partial charge in [-0.1, -0.05) is 11.8 Å². The summed E-state index contributed by atoms with van der Waals surface area (Å²) in [6.07, 6.45) is 0. The maximum absolute atomic E-state index is 11.1. The van der Waals surface area contributed by atoms with Crippen LogP contribution in [0.15, 0.2) is 14.7 Å².